The van der Waals surface area contributed by atoms with Crippen molar-refractivity contribution in [2.45, 2.75) is 64.6 Å². The number of methoxy groups -OCH3 is 1. The third-order valence-electron chi connectivity index (χ3n) is 6.29. The molecule has 4 unspecified atom stereocenters. The number of piperidine rings is 1. The number of nitrogens with one attached hydrogen (secondary N) is 1. The predicted molar refractivity (Wildman–Crippen MR) is 106 cm³/mol. The van der Waals surface area contributed by atoms with Gasteiger partial charge in [-0.2, -0.15) is 0 Å². The van der Waals surface area contributed by atoms with Crippen molar-refractivity contribution >= 4 is 11.8 Å². The highest BCUT2D eigenvalue weighted by molar-refractivity contribution is 5.99. The van der Waals surface area contributed by atoms with Crippen LogP contribution in [0.25, 0.3) is 0 Å². The van der Waals surface area contributed by atoms with E-state index in [0.717, 1.165) is 38.9 Å². The van der Waals surface area contributed by atoms with Gasteiger partial charge in [0.25, 0.3) is 0 Å². The summed E-state index contributed by atoms with van der Waals surface area (Å²) < 4.78 is 11.8. The molecular formula is C21H38N2O4. The summed E-state index contributed by atoms with van der Waals surface area (Å²) in [5.41, 5.74) is -0.882. The molecule has 0 aromatic rings. The first-order valence-corrected chi connectivity index (χ1v) is 10.3. The van der Waals surface area contributed by atoms with E-state index < -0.39 is 11.5 Å². The summed E-state index contributed by atoms with van der Waals surface area (Å²) in [5, 5.41) is 3.34. The zero-order valence-corrected chi connectivity index (χ0v) is 18.0. The molecular weight excluding hydrogens is 344 g/mol. The topological polar surface area (TPSA) is 67.9 Å². The number of esters is 1. The number of ketones is 1. The molecule has 2 heterocycles. The van der Waals surface area contributed by atoms with Crippen LogP contribution in [0.3, 0.4) is 0 Å². The van der Waals surface area contributed by atoms with Gasteiger partial charge in [-0.05, 0) is 52.7 Å². The predicted octanol–water partition coefficient (Wildman–Crippen LogP) is 2.26. The van der Waals surface area contributed by atoms with Crippen LogP contribution in [0.4, 0.5) is 0 Å². The highest BCUT2D eigenvalue weighted by Crippen LogP contribution is 2.32. The van der Waals surface area contributed by atoms with Crippen LogP contribution in [0.1, 0.15) is 53.4 Å². The highest BCUT2D eigenvalue weighted by atomic mass is 16.6. The summed E-state index contributed by atoms with van der Waals surface area (Å²) in [6.45, 7) is 11.2. The van der Waals surface area contributed by atoms with Crippen molar-refractivity contribution in [1.29, 1.82) is 0 Å². The molecule has 2 rings (SSSR count). The molecule has 0 aromatic carbocycles. The van der Waals surface area contributed by atoms with Crippen molar-refractivity contribution in [2.24, 2.45) is 17.8 Å². The quantitative estimate of drug-likeness (QED) is 0.554. The van der Waals surface area contributed by atoms with Gasteiger partial charge >= 0.3 is 5.97 Å². The Kier molecular flexibility index (Phi) is 7.45. The van der Waals surface area contributed by atoms with Crippen LogP contribution < -0.4 is 5.32 Å². The van der Waals surface area contributed by atoms with Gasteiger partial charge in [-0.25, -0.2) is 0 Å². The molecule has 0 bridgehead atoms. The van der Waals surface area contributed by atoms with Crippen molar-refractivity contribution in [2.75, 3.05) is 40.3 Å². The fourth-order valence-corrected chi connectivity index (χ4v) is 4.91. The molecule has 156 valence electrons. The monoisotopic (exact) mass is 382 g/mol. The first kappa shape index (κ1) is 22.3. The summed E-state index contributed by atoms with van der Waals surface area (Å²) >= 11 is 0. The number of hydrogen-bond acceptors (Lipinski definition) is 6. The Morgan fingerprint density at radius 2 is 1.78 bits per heavy atom. The molecule has 6 nitrogen and oxygen atoms in total. The van der Waals surface area contributed by atoms with Crippen molar-refractivity contribution in [3.8, 4) is 0 Å². The molecule has 0 amide bonds. The lowest BCUT2D eigenvalue weighted by Crippen LogP contribution is -2.53. The van der Waals surface area contributed by atoms with E-state index in [9.17, 15) is 9.59 Å². The second-order valence-corrected chi connectivity index (χ2v) is 9.24. The normalized spacial score (nSPS) is 37.2. The van der Waals surface area contributed by atoms with Crippen LogP contribution in [0.15, 0.2) is 0 Å². The molecule has 2 aliphatic rings. The SMILES string of the molecule is COC1(C)CC(C)CN(C)CC2(CCNCC2)OC(=O)C(C)C(=O)C(C)C1. The number of hydrogen-bond donors (Lipinski definition) is 1. The van der Waals surface area contributed by atoms with Gasteiger partial charge in [0, 0.05) is 39.0 Å². The Bertz CT molecular complexity index is 532. The average Bonchev–Trinajstić information content (AvgIpc) is 2.59. The molecule has 2 aliphatic heterocycles. The summed E-state index contributed by atoms with van der Waals surface area (Å²) in [6, 6.07) is 0. The summed E-state index contributed by atoms with van der Waals surface area (Å²) in [7, 11) is 3.81. The molecule has 0 radical (unpaired) electrons. The molecule has 4 atom stereocenters. The third kappa shape index (κ3) is 5.75. The van der Waals surface area contributed by atoms with E-state index in [1.54, 1.807) is 14.0 Å². The maximum atomic E-state index is 12.9. The van der Waals surface area contributed by atoms with Crippen LogP contribution in [0, 0.1) is 17.8 Å². The third-order valence-corrected chi connectivity index (χ3v) is 6.29. The van der Waals surface area contributed by atoms with Crippen LogP contribution in [-0.2, 0) is 19.1 Å². The number of rotatable bonds is 1. The number of Topliss-reactive ketones (excluding diaryl/α,β-unsaturated/α-hetero) is 1. The first-order valence-electron chi connectivity index (χ1n) is 10.3. The summed E-state index contributed by atoms with van der Waals surface area (Å²) in [6.07, 6.45) is 3.06. The second kappa shape index (κ2) is 9.01. The minimum absolute atomic E-state index is 0.0485. The van der Waals surface area contributed by atoms with E-state index in [4.69, 9.17) is 9.47 Å². The van der Waals surface area contributed by atoms with Crippen molar-refractivity contribution in [3.63, 3.8) is 0 Å². The highest BCUT2D eigenvalue weighted by Gasteiger charge is 2.41. The van der Waals surface area contributed by atoms with Crippen molar-refractivity contribution < 1.29 is 19.1 Å². The van der Waals surface area contributed by atoms with Crippen LogP contribution in [0.2, 0.25) is 0 Å². The van der Waals surface area contributed by atoms with Gasteiger partial charge in [-0.15, -0.1) is 0 Å². The maximum Gasteiger partial charge on any atom is 0.316 e. The summed E-state index contributed by atoms with van der Waals surface area (Å²) in [4.78, 5) is 28.0. The zero-order valence-electron chi connectivity index (χ0n) is 18.0. The second-order valence-electron chi connectivity index (χ2n) is 9.24. The lowest BCUT2D eigenvalue weighted by Gasteiger charge is -2.41. The maximum absolute atomic E-state index is 12.9. The van der Waals surface area contributed by atoms with Gasteiger partial charge in [-0.3, -0.25) is 9.59 Å². The fourth-order valence-electron chi connectivity index (χ4n) is 4.91. The largest absolute Gasteiger partial charge is 0.457 e. The van der Waals surface area contributed by atoms with E-state index in [-0.39, 0.29) is 23.3 Å². The number of carbonyl (C=O) groups is 2. The van der Waals surface area contributed by atoms with Crippen molar-refractivity contribution in [3.05, 3.63) is 0 Å². The van der Waals surface area contributed by atoms with Crippen LogP contribution >= 0.6 is 0 Å². The van der Waals surface area contributed by atoms with E-state index in [1.807, 2.05) is 6.92 Å². The van der Waals surface area contributed by atoms with E-state index >= 15 is 0 Å². The first-order chi connectivity index (χ1) is 12.6. The van der Waals surface area contributed by atoms with Gasteiger partial charge in [0.1, 0.15) is 17.3 Å². The molecule has 1 spiro atoms. The number of likely N-dealkylation sites (N-methyl/N-ethyl adjacent to an activating group) is 1. The van der Waals surface area contributed by atoms with Gasteiger partial charge in [-0.1, -0.05) is 13.8 Å². The minimum Gasteiger partial charge on any atom is -0.457 e. The fraction of sp³-hybridized carbons (Fsp3) is 0.905. The Hall–Kier alpha value is -0.980. The smallest absolute Gasteiger partial charge is 0.316 e. The number of ether oxygens (including phenoxy) is 2. The molecule has 27 heavy (non-hydrogen) atoms. The summed E-state index contributed by atoms with van der Waals surface area (Å²) in [5.74, 6) is -1.00. The van der Waals surface area contributed by atoms with Gasteiger partial charge in [0.15, 0.2) is 0 Å². The van der Waals surface area contributed by atoms with E-state index in [1.165, 1.54) is 0 Å². The lowest BCUT2D eigenvalue weighted by molar-refractivity contribution is -0.171. The molecule has 6 heteroatoms. The number of carbonyl (C=O) groups excluding carboxylic acids is 2. The lowest BCUT2D eigenvalue weighted by atomic mass is 9.81. The molecule has 0 aliphatic carbocycles. The van der Waals surface area contributed by atoms with Gasteiger partial charge in [0.05, 0.1) is 5.60 Å². The molecule has 2 saturated heterocycles. The number of nitrogens with zero attached hydrogens (tertiary/aromatic N) is 1. The Morgan fingerprint density at radius 1 is 1.15 bits per heavy atom. The Morgan fingerprint density at radius 3 is 2.37 bits per heavy atom. The zero-order chi connectivity index (χ0) is 20.2. The Balaban J connectivity index is 2.30. The van der Waals surface area contributed by atoms with Crippen molar-refractivity contribution in [1.82, 2.24) is 10.2 Å². The van der Waals surface area contributed by atoms with Crippen LogP contribution in [-0.4, -0.2) is 68.2 Å². The molecule has 0 aromatic heterocycles. The molecule has 1 N–H and O–H groups in total. The average molecular weight is 383 g/mol. The van der Waals surface area contributed by atoms with Gasteiger partial charge < -0.3 is 19.7 Å². The molecule has 0 saturated carbocycles. The van der Waals surface area contributed by atoms with E-state index in [0.29, 0.717) is 18.9 Å². The minimum atomic E-state index is -0.739. The molecule has 2 fully saturated rings. The standard InChI is InChI=1S/C21H38N2O4/c1-15-11-20(4,26-6)12-16(2)18(24)17(3)19(25)27-21(14-23(5)13-15)7-9-22-10-8-21/h15-17,22H,7-14H2,1-6H3. The Labute approximate surface area is 164 Å². The van der Waals surface area contributed by atoms with Gasteiger partial charge in [0.2, 0.25) is 0 Å². The van der Waals surface area contributed by atoms with Crippen LogP contribution in [0.5, 0.6) is 0 Å². The van der Waals surface area contributed by atoms with E-state index in [2.05, 4.69) is 31.1 Å².